The smallest absolute Gasteiger partial charge is 0.331 e. The molecule has 0 aliphatic carbocycles. The molecule has 0 rings (SSSR count). The van der Waals surface area contributed by atoms with E-state index in [4.69, 9.17) is 10.2 Å². The normalized spacial score (nSPS) is 9.43. The van der Waals surface area contributed by atoms with Crippen LogP contribution in [-0.2, 0) is 9.59 Å². The SMILES string of the molecule is C=C(C)C(=O)O.C=CC=C(C)C(=O)O. The van der Waals surface area contributed by atoms with Gasteiger partial charge in [-0.25, -0.2) is 9.59 Å². The molecule has 0 aromatic rings. The van der Waals surface area contributed by atoms with Gasteiger partial charge in [0, 0.05) is 11.1 Å². The second-order valence-corrected chi connectivity index (χ2v) is 2.48. The standard InChI is InChI=1S/C6H8O2.C4H6O2/c1-3-4-5(2)6(7)8;1-3(2)4(5)6/h3-4H,1H2,2H3,(H,7,8);1H2,2H3,(H,5,6). The van der Waals surface area contributed by atoms with Crippen LogP contribution in [0.5, 0.6) is 0 Å². The monoisotopic (exact) mass is 198 g/mol. The van der Waals surface area contributed by atoms with E-state index in [1.807, 2.05) is 0 Å². The van der Waals surface area contributed by atoms with Gasteiger partial charge in [-0.2, -0.15) is 0 Å². The lowest BCUT2D eigenvalue weighted by atomic mass is 10.3. The van der Waals surface area contributed by atoms with Crippen molar-refractivity contribution in [3.05, 3.63) is 36.5 Å². The minimum absolute atomic E-state index is 0.176. The highest BCUT2D eigenvalue weighted by molar-refractivity contribution is 5.86. The Morgan fingerprint density at radius 3 is 1.57 bits per heavy atom. The topological polar surface area (TPSA) is 74.6 Å². The molecule has 0 saturated heterocycles. The summed E-state index contributed by atoms with van der Waals surface area (Å²) in [6.07, 6.45) is 2.89. The highest BCUT2D eigenvalue weighted by atomic mass is 16.4. The third-order valence-corrected chi connectivity index (χ3v) is 1.07. The van der Waals surface area contributed by atoms with E-state index in [1.54, 1.807) is 0 Å². The second-order valence-electron chi connectivity index (χ2n) is 2.48. The molecule has 0 aromatic carbocycles. The molecule has 0 heterocycles. The summed E-state index contributed by atoms with van der Waals surface area (Å²) in [4.78, 5) is 19.6. The number of aliphatic carboxylic acids is 2. The summed E-state index contributed by atoms with van der Waals surface area (Å²) in [5, 5.41) is 16.1. The van der Waals surface area contributed by atoms with Crippen LogP contribution in [-0.4, -0.2) is 22.2 Å². The van der Waals surface area contributed by atoms with Crippen LogP contribution >= 0.6 is 0 Å². The first-order chi connectivity index (χ1) is 6.32. The largest absolute Gasteiger partial charge is 0.478 e. The van der Waals surface area contributed by atoms with Crippen LogP contribution in [0.2, 0.25) is 0 Å². The molecular weight excluding hydrogens is 184 g/mol. The second kappa shape index (κ2) is 7.79. The number of hydrogen-bond donors (Lipinski definition) is 2. The fourth-order valence-electron chi connectivity index (χ4n) is 0.248. The van der Waals surface area contributed by atoms with Crippen molar-refractivity contribution in [2.75, 3.05) is 0 Å². The van der Waals surface area contributed by atoms with Crippen molar-refractivity contribution in [3.8, 4) is 0 Å². The van der Waals surface area contributed by atoms with Crippen LogP contribution < -0.4 is 0 Å². The number of rotatable bonds is 3. The Labute approximate surface area is 82.9 Å². The Bertz CT molecular complexity index is 262. The molecule has 4 nitrogen and oxygen atoms in total. The van der Waals surface area contributed by atoms with Crippen LogP contribution in [0.1, 0.15) is 13.8 Å². The first-order valence-corrected chi connectivity index (χ1v) is 3.74. The van der Waals surface area contributed by atoms with Gasteiger partial charge < -0.3 is 10.2 Å². The molecular formula is C10H14O4. The Hall–Kier alpha value is -1.84. The zero-order chi connectivity index (χ0) is 11.7. The predicted octanol–water partition coefficient (Wildman–Crippen LogP) is 1.85. The summed E-state index contributed by atoms with van der Waals surface area (Å²) < 4.78 is 0. The summed E-state index contributed by atoms with van der Waals surface area (Å²) in [6, 6.07) is 0. The van der Waals surface area contributed by atoms with Gasteiger partial charge in [-0.1, -0.05) is 25.3 Å². The fraction of sp³-hybridized carbons (Fsp3) is 0.200. The first kappa shape index (κ1) is 14.7. The molecule has 0 unspecified atom stereocenters. The van der Waals surface area contributed by atoms with Crippen LogP contribution in [0.3, 0.4) is 0 Å². The van der Waals surface area contributed by atoms with Crippen LogP contribution in [0.4, 0.5) is 0 Å². The molecule has 0 aromatic heterocycles. The zero-order valence-electron chi connectivity index (χ0n) is 8.28. The molecule has 0 bridgehead atoms. The third-order valence-electron chi connectivity index (χ3n) is 1.07. The van der Waals surface area contributed by atoms with Crippen molar-refractivity contribution in [2.24, 2.45) is 0 Å². The maximum atomic E-state index is 9.97. The van der Waals surface area contributed by atoms with E-state index in [9.17, 15) is 9.59 Å². The van der Waals surface area contributed by atoms with E-state index >= 15 is 0 Å². The maximum absolute atomic E-state index is 9.97. The Balaban J connectivity index is 0. The van der Waals surface area contributed by atoms with Gasteiger partial charge >= 0.3 is 11.9 Å². The molecule has 0 fully saturated rings. The minimum Gasteiger partial charge on any atom is -0.478 e. The summed E-state index contributed by atoms with van der Waals surface area (Å²) >= 11 is 0. The van der Waals surface area contributed by atoms with Gasteiger partial charge in [-0.05, 0) is 13.8 Å². The molecule has 4 heteroatoms. The van der Waals surface area contributed by atoms with Crippen molar-refractivity contribution in [3.63, 3.8) is 0 Å². The van der Waals surface area contributed by atoms with Gasteiger partial charge in [0.05, 0.1) is 0 Å². The Kier molecular flexibility index (Phi) is 8.16. The quantitative estimate of drug-likeness (QED) is 0.536. The summed E-state index contributed by atoms with van der Waals surface area (Å²) in [6.45, 7) is 9.46. The number of hydrogen-bond acceptors (Lipinski definition) is 2. The molecule has 0 atom stereocenters. The van der Waals surface area contributed by atoms with Crippen molar-refractivity contribution < 1.29 is 19.8 Å². The van der Waals surface area contributed by atoms with Crippen molar-refractivity contribution in [2.45, 2.75) is 13.8 Å². The lowest BCUT2D eigenvalue weighted by molar-refractivity contribution is -0.133. The van der Waals surface area contributed by atoms with E-state index in [0.29, 0.717) is 5.57 Å². The van der Waals surface area contributed by atoms with Gasteiger partial charge in [-0.15, -0.1) is 0 Å². The van der Waals surface area contributed by atoms with E-state index in [0.717, 1.165) is 0 Å². The van der Waals surface area contributed by atoms with Crippen molar-refractivity contribution >= 4 is 11.9 Å². The predicted molar refractivity (Wildman–Crippen MR) is 54.0 cm³/mol. The van der Waals surface area contributed by atoms with Crippen molar-refractivity contribution in [1.82, 2.24) is 0 Å². The summed E-state index contributed by atoms with van der Waals surface area (Å²) in [7, 11) is 0. The van der Waals surface area contributed by atoms with Crippen LogP contribution in [0.25, 0.3) is 0 Å². The van der Waals surface area contributed by atoms with Crippen LogP contribution in [0.15, 0.2) is 36.5 Å². The highest BCUT2D eigenvalue weighted by Crippen LogP contribution is 1.89. The Morgan fingerprint density at radius 1 is 1.14 bits per heavy atom. The molecule has 2 N–H and O–H groups in total. The third kappa shape index (κ3) is 10.2. The summed E-state index contributed by atoms with van der Waals surface area (Å²) in [5.41, 5.74) is 0.481. The number of allylic oxidation sites excluding steroid dienone is 2. The summed E-state index contributed by atoms with van der Waals surface area (Å²) in [5.74, 6) is -1.83. The number of carboxylic acids is 2. The van der Waals surface area contributed by atoms with E-state index in [2.05, 4.69) is 13.2 Å². The highest BCUT2D eigenvalue weighted by Gasteiger charge is 1.94. The lowest BCUT2D eigenvalue weighted by Gasteiger charge is -1.84. The van der Waals surface area contributed by atoms with Crippen molar-refractivity contribution in [1.29, 1.82) is 0 Å². The molecule has 0 aliphatic rings. The Morgan fingerprint density at radius 2 is 1.50 bits per heavy atom. The number of carbonyl (C=O) groups is 2. The van der Waals surface area contributed by atoms with E-state index < -0.39 is 11.9 Å². The van der Waals surface area contributed by atoms with E-state index in [1.165, 1.54) is 26.0 Å². The lowest BCUT2D eigenvalue weighted by Crippen LogP contribution is -1.94. The first-order valence-electron chi connectivity index (χ1n) is 3.74. The van der Waals surface area contributed by atoms with Gasteiger partial charge in [-0.3, -0.25) is 0 Å². The van der Waals surface area contributed by atoms with Gasteiger partial charge in [0.25, 0.3) is 0 Å². The molecule has 0 radical (unpaired) electrons. The molecule has 0 aliphatic heterocycles. The van der Waals surface area contributed by atoms with Crippen LogP contribution in [0, 0.1) is 0 Å². The molecule has 14 heavy (non-hydrogen) atoms. The molecule has 0 saturated carbocycles. The van der Waals surface area contributed by atoms with Gasteiger partial charge in [0.2, 0.25) is 0 Å². The fourth-order valence-corrected chi connectivity index (χ4v) is 0.248. The average molecular weight is 198 g/mol. The maximum Gasteiger partial charge on any atom is 0.331 e. The van der Waals surface area contributed by atoms with Gasteiger partial charge in [0.1, 0.15) is 0 Å². The van der Waals surface area contributed by atoms with Gasteiger partial charge in [0.15, 0.2) is 0 Å². The molecule has 78 valence electrons. The van der Waals surface area contributed by atoms with E-state index in [-0.39, 0.29) is 5.57 Å². The molecule has 0 amide bonds. The average Bonchev–Trinajstić information content (AvgIpc) is 2.05. The minimum atomic E-state index is -0.935. The zero-order valence-corrected chi connectivity index (χ0v) is 8.28. The molecule has 0 spiro atoms. The number of carboxylic acid groups (broad SMARTS) is 2.